The van der Waals surface area contributed by atoms with E-state index in [4.69, 9.17) is 9.84 Å². The van der Waals surface area contributed by atoms with Crippen molar-refractivity contribution in [1.29, 1.82) is 0 Å². The van der Waals surface area contributed by atoms with Gasteiger partial charge in [-0.2, -0.15) is 18.2 Å². The van der Waals surface area contributed by atoms with Crippen molar-refractivity contribution in [2.24, 2.45) is 5.92 Å². The van der Waals surface area contributed by atoms with Crippen molar-refractivity contribution in [3.8, 4) is 5.88 Å². The minimum atomic E-state index is -4.81. The molecule has 1 heterocycles. The van der Waals surface area contributed by atoms with Crippen molar-refractivity contribution in [3.63, 3.8) is 0 Å². The number of aromatic nitrogens is 2. The Bertz CT molecular complexity index is 778. The smallest absolute Gasteiger partial charge is 0.416 e. The van der Waals surface area contributed by atoms with Gasteiger partial charge in [0, 0.05) is 0 Å². The van der Waals surface area contributed by atoms with Crippen LogP contribution < -0.4 is 10.1 Å². The molecule has 1 aliphatic rings. The van der Waals surface area contributed by atoms with E-state index in [1.54, 1.807) is 24.3 Å². The van der Waals surface area contributed by atoms with Gasteiger partial charge < -0.3 is 15.2 Å². The number of para-hydroxylation sites is 1. The number of hydrogen-bond acceptors (Lipinski definition) is 5. The highest BCUT2D eigenvalue weighted by Crippen LogP contribution is 2.30. The zero-order valence-corrected chi connectivity index (χ0v) is 13.1. The van der Waals surface area contributed by atoms with Crippen LogP contribution in [0.15, 0.2) is 24.3 Å². The van der Waals surface area contributed by atoms with Crippen LogP contribution in [-0.2, 0) is 0 Å². The predicted molar refractivity (Wildman–Crippen MR) is 82.2 cm³/mol. The molecule has 1 aromatic carbocycles. The van der Waals surface area contributed by atoms with Crippen LogP contribution in [0.25, 0.3) is 10.9 Å². The average molecular weight is 355 g/mol. The second-order valence-corrected chi connectivity index (χ2v) is 5.89. The lowest BCUT2D eigenvalue weighted by atomic mass is 10.2. The van der Waals surface area contributed by atoms with Gasteiger partial charge in [0.25, 0.3) is 5.91 Å². The van der Waals surface area contributed by atoms with Gasteiger partial charge in [-0.25, -0.2) is 4.98 Å². The molecule has 134 valence electrons. The molecule has 0 saturated heterocycles. The SMILES string of the molecule is O=C(NCC(O)C(F)(F)F)c1nc(OCC2CC2)c2ccccc2n1. The number of rotatable bonds is 6. The fraction of sp³-hybridized carbons (Fsp3) is 0.438. The molecule has 2 N–H and O–H groups in total. The molecule has 1 aromatic heterocycles. The van der Waals surface area contributed by atoms with Crippen LogP contribution in [-0.4, -0.2) is 46.4 Å². The molecule has 6 nitrogen and oxygen atoms in total. The largest absolute Gasteiger partial charge is 0.477 e. The van der Waals surface area contributed by atoms with Crippen LogP contribution in [0, 0.1) is 5.92 Å². The average Bonchev–Trinajstić information content (AvgIpc) is 3.40. The molecule has 0 aliphatic heterocycles. The first-order valence-electron chi connectivity index (χ1n) is 7.77. The Morgan fingerprint density at radius 2 is 2.04 bits per heavy atom. The minimum absolute atomic E-state index is 0.221. The number of aliphatic hydroxyl groups excluding tert-OH is 1. The topological polar surface area (TPSA) is 84.3 Å². The number of nitrogens with zero attached hydrogens (tertiary/aromatic N) is 2. The first-order valence-corrected chi connectivity index (χ1v) is 7.77. The number of hydrogen-bond donors (Lipinski definition) is 2. The maximum atomic E-state index is 12.3. The first kappa shape index (κ1) is 17.4. The van der Waals surface area contributed by atoms with E-state index < -0.39 is 24.7 Å². The highest BCUT2D eigenvalue weighted by atomic mass is 19.4. The summed E-state index contributed by atoms with van der Waals surface area (Å²) in [6.07, 6.45) is -5.31. The van der Waals surface area contributed by atoms with Gasteiger partial charge in [-0.1, -0.05) is 12.1 Å². The summed E-state index contributed by atoms with van der Waals surface area (Å²) in [6.45, 7) is -0.508. The lowest BCUT2D eigenvalue weighted by Gasteiger charge is -2.15. The lowest BCUT2D eigenvalue weighted by Crippen LogP contribution is -2.41. The maximum Gasteiger partial charge on any atom is 0.416 e. The molecule has 3 rings (SSSR count). The van der Waals surface area contributed by atoms with Gasteiger partial charge in [0.15, 0.2) is 6.10 Å². The molecule has 1 fully saturated rings. The summed E-state index contributed by atoms with van der Waals surface area (Å²) in [6, 6.07) is 6.89. The van der Waals surface area contributed by atoms with E-state index in [0.717, 1.165) is 12.8 Å². The van der Waals surface area contributed by atoms with Gasteiger partial charge >= 0.3 is 6.18 Å². The zero-order valence-electron chi connectivity index (χ0n) is 13.1. The van der Waals surface area contributed by atoms with Gasteiger partial charge in [-0.05, 0) is 30.9 Å². The van der Waals surface area contributed by atoms with Crippen LogP contribution in [0.1, 0.15) is 23.5 Å². The molecule has 1 aliphatic carbocycles. The second-order valence-electron chi connectivity index (χ2n) is 5.89. The number of ether oxygens (including phenoxy) is 1. The van der Waals surface area contributed by atoms with Crippen LogP contribution in [0.3, 0.4) is 0 Å². The summed E-state index contributed by atoms with van der Waals surface area (Å²) in [5.74, 6) is -0.531. The second kappa shape index (κ2) is 6.83. The van der Waals surface area contributed by atoms with E-state index in [1.807, 2.05) is 5.32 Å². The van der Waals surface area contributed by atoms with E-state index in [2.05, 4.69) is 9.97 Å². The molecule has 1 atom stereocenters. The fourth-order valence-electron chi connectivity index (χ4n) is 2.12. The highest BCUT2D eigenvalue weighted by molar-refractivity contribution is 5.94. The molecular formula is C16H16F3N3O3. The molecule has 1 saturated carbocycles. The third kappa shape index (κ3) is 4.36. The normalized spacial score (nSPS) is 15.8. The summed E-state index contributed by atoms with van der Waals surface area (Å²) in [7, 11) is 0. The Morgan fingerprint density at radius 3 is 2.72 bits per heavy atom. The number of fused-ring (bicyclic) bond motifs is 1. The van der Waals surface area contributed by atoms with Crippen molar-refractivity contribution in [1.82, 2.24) is 15.3 Å². The van der Waals surface area contributed by atoms with Crippen molar-refractivity contribution >= 4 is 16.8 Å². The molecule has 9 heteroatoms. The third-order valence-corrected chi connectivity index (χ3v) is 3.76. The monoisotopic (exact) mass is 355 g/mol. The van der Waals surface area contributed by atoms with Gasteiger partial charge in [-0.15, -0.1) is 0 Å². The Balaban J connectivity index is 1.79. The Hall–Kier alpha value is -2.42. The molecule has 0 spiro atoms. The standard InChI is InChI=1S/C16H16F3N3O3/c17-16(18,19)12(23)7-20-14(24)13-21-11-4-2-1-3-10(11)15(22-13)25-8-9-5-6-9/h1-4,9,12,23H,5-8H2,(H,20,24). The quantitative estimate of drug-likeness (QED) is 0.829. The maximum absolute atomic E-state index is 12.3. The number of carbonyl (C=O) groups excluding carboxylic acids is 1. The molecular weight excluding hydrogens is 339 g/mol. The minimum Gasteiger partial charge on any atom is -0.477 e. The highest BCUT2D eigenvalue weighted by Gasteiger charge is 2.38. The third-order valence-electron chi connectivity index (χ3n) is 3.76. The Kier molecular flexibility index (Phi) is 4.76. The van der Waals surface area contributed by atoms with Gasteiger partial charge in [0.1, 0.15) is 0 Å². The van der Waals surface area contributed by atoms with Crippen LogP contribution in [0.2, 0.25) is 0 Å². The lowest BCUT2D eigenvalue weighted by molar-refractivity contribution is -0.201. The van der Waals surface area contributed by atoms with Gasteiger partial charge in [0.05, 0.1) is 24.1 Å². The first-order chi connectivity index (χ1) is 11.8. The number of benzene rings is 1. The summed E-state index contributed by atoms with van der Waals surface area (Å²) in [5, 5.41) is 11.6. The number of alkyl halides is 3. The molecule has 1 unspecified atom stereocenters. The van der Waals surface area contributed by atoms with Crippen molar-refractivity contribution in [2.45, 2.75) is 25.1 Å². The Labute approximate surface area is 141 Å². The number of nitrogens with one attached hydrogen (secondary N) is 1. The summed E-state index contributed by atoms with van der Waals surface area (Å²) >= 11 is 0. The summed E-state index contributed by atoms with van der Waals surface area (Å²) in [4.78, 5) is 20.1. The number of halogens is 3. The van der Waals surface area contributed by atoms with Crippen molar-refractivity contribution < 1.29 is 27.8 Å². The molecule has 2 aromatic rings. The van der Waals surface area contributed by atoms with E-state index in [-0.39, 0.29) is 11.7 Å². The van der Waals surface area contributed by atoms with E-state index in [9.17, 15) is 18.0 Å². The van der Waals surface area contributed by atoms with Gasteiger partial charge in [-0.3, -0.25) is 4.79 Å². The number of carbonyl (C=O) groups is 1. The zero-order chi connectivity index (χ0) is 18.0. The van der Waals surface area contributed by atoms with Gasteiger partial charge in [0.2, 0.25) is 11.7 Å². The van der Waals surface area contributed by atoms with Crippen LogP contribution >= 0.6 is 0 Å². The molecule has 25 heavy (non-hydrogen) atoms. The van der Waals surface area contributed by atoms with Crippen molar-refractivity contribution in [3.05, 3.63) is 30.1 Å². The van der Waals surface area contributed by atoms with E-state index in [1.165, 1.54) is 0 Å². The fourth-order valence-corrected chi connectivity index (χ4v) is 2.12. The van der Waals surface area contributed by atoms with Crippen LogP contribution in [0.5, 0.6) is 5.88 Å². The van der Waals surface area contributed by atoms with E-state index >= 15 is 0 Å². The van der Waals surface area contributed by atoms with Crippen LogP contribution in [0.4, 0.5) is 13.2 Å². The summed E-state index contributed by atoms with van der Waals surface area (Å²) in [5.41, 5.74) is 0.449. The predicted octanol–water partition coefficient (Wildman–Crippen LogP) is 2.07. The number of aliphatic hydroxyl groups is 1. The molecule has 0 radical (unpaired) electrons. The molecule has 1 amide bonds. The summed E-state index contributed by atoms with van der Waals surface area (Å²) < 4.78 is 42.6. The number of amides is 1. The molecule has 0 bridgehead atoms. The Morgan fingerprint density at radius 1 is 1.32 bits per heavy atom. The van der Waals surface area contributed by atoms with Crippen molar-refractivity contribution in [2.75, 3.05) is 13.2 Å². The van der Waals surface area contributed by atoms with E-state index in [0.29, 0.717) is 23.4 Å².